The van der Waals surface area contributed by atoms with Crippen LogP contribution in [-0.4, -0.2) is 26.4 Å². The minimum absolute atomic E-state index is 0.0338. The molecule has 0 fully saturated rings. The molecule has 0 aliphatic heterocycles. The van der Waals surface area contributed by atoms with E-state index in [0.717, 1.165) is 17.7 Å². The van der Waals surface area contributed by atoms with E-state index >= 15 is 0 Å². The van der Waals surface area contributed by atoms with E-state index in [1.807, 2.05) is 29.0 Å². The number of methoxy groups -OCH3 is 1. The standard InChI is InChI=1S/C24H22N4O5S/c1-3-15-5-4-6-16(13-15)25-20-11-12-21(27-30)23-19(20)14-22(26-23)24(29)28-34(31,32)18-9-7-17(33-2)8-10-18/h4-14,25-26H,3H2,1-2H3,(H,28,29). The predicted octanol–water partition coefficient (Wildman–Crippen LogP) is 5.00. The third-order valence-electron chi connectivity index (χ3n) is 5.33. The number of anilines is 2. The van der Waals surface area contributed by atoms with Crippen LogP contribution in [-0.2, 0) is 16.4 Å². The van der Waals surface area contributed by atoms with Crippen LogP contribution in [0.2, 0.25) is 0 Å². The number of aryl methyl sites for hydroxylation is 1. The number of amides is 1. The lowest BCUT2D eigenvalue weighted by Gasteiger charge is -2.09. The Morgan fingerprint density at radius 3 is 2.50 bits per heavy atom. The van der Waals surface area contributed by atoms with Crippen molar-refractivity contribution in [1.82, 2.24) is 9.71 Å². The number of H-pyrrole nitrogens is 1. The highest BCUT2D eigenvalue weighted by atomic mass is 32.2. The number of nitrogens with zero attached hydrogens (tertiary/aromatic N) is 1. The second kappa shape index (κ2) is 9.36. The maximum absolute atomic E-state index is 12.8. The number of aromatic nitrogens is 1. The van der Waals surface area contributed by atoms with Crippen molar-refractivity contribution in [3.8, 4) is 5.75 Å². The van der Waals surface area contributed by atoms with E-state index in [4.69, 9.17) is 4.74 Å². The number of nitroso groups, excluding NO2 is 1. The van der Waals surface area contributed by atoms with Crippen LogP contribution in [0, 0.1) is 4.91 Å². The molecule has 0 aliphatic carbocycles. The minimum atomic E-state index is -4.13. The van der Waals surface area contributed by atoms with Gasteiger partial charge in [0, 0.05) is 16.8 Å². The largest absolute Gasteiger partial charge is 0.497 e. The van der Waals surface area contributed by atoms with Gasteiger partial charge in [0.1, 0.15) is 17.1 Å². The molecule has 4 rings (SSSR count). The highest BCUT2D eigenvalue weighted by molar-refractivity contribution is 7.90. The molecule has 10 heteroatoms. The maximum Gasteiger partial charge on any atom is 0.281 e. The Bertz CT molecular complexity index is 1480. The van der Waals surface area contributed by atoms with Crippen molar-refractivity contribution in [2.24, 2.45) is 5.18 Å². The molecular formula is C24H22N4O5S. The molecule has 0 saturated heterocycles. The van der Waals surface area contributed by atoms with Crippen LogP contribution in [0.4, 0.5) is 17.1 Å². The Labute approximate surface area is 196 Å². The van der Waals surface area contributed by atoms with Crippen molar-refractivity contribution in [2.45, 2.75) is 18.2 Å². The average Bonchev–Trinajstić information content (AvgIpc) is 3.30. The van der Waals surface area contributed by atoms with Crippen molar-refractivity contribution in [3.05, 3.63) is 82.9 Å². The highest BCUT2D eigenvalue weighted by Crippen LogP contribution is 2.34. The van der Waals surface area contributed by atoms with Crippen molar-refractivity contribution in [3.63, 3.8) is 0 Å². The smallest absolute Gasteiger partial charge is 0.281 e. The van der Waals surface area contributed by atoms with Crippen LogP contribution in [0.25, 0.3) is 10.9 Å². The third kappa shape index (κ3) is 4.62. The van der Waals surface area contributed by atoms with Gasteiger partial charge in [0.15, 0.2) is 0 Å². The van der Waals surface area contributed by atoms with Crippen molar-refractivity contribution in [2.75, 3.05) is 12.4 Å². The summed E-state index contributed by atoms with van der Waals surface area (Å²) in [6.45, 7) is 2.05. The van der Waals surface area contributed by atoms with Gasteiger partial charge in [-0.25, -0.2) is 13.1 Å². The van der Waals surface area contributed by atoms with Crippen LogP contribution in [0.1, 0.15) is 23.0 Å². The Hall–Kier alpha value is -4.18. The van der Waals surface area contributed by atoms with Gasteiger partial charge in [-0.1, -0.05) is 19.1 Å². The monoisotopic (exact) mass is 478 g/mol. The van der Waals surface area contributed by atoms with E-state index in [-0.39, 0.29) is 16.3 Å². The number of aromatic amines is 1. The fraction of sp³-hybridized carbons (Fsp3) is 0.125. The summed E-state index contributed by atoms with van der Waals surface area (Å²) in [5.41, 5.74) is 2.99. The summed E-state index contributed by atoms with van der Waals surface area (Å²) < 4.78 is 32.4. The number of hydrogen-bond acceptors (Lipinski definition) is 7. The molecule has 1 heterocycles. The van der Waals surface area contributed by atoms with Gasteiger partial charge in [-0.2, -0.15) is 0 Å². The molecule has 4 aromatic rings. The Balaban J connectivity index is 1.66. The Kier molecular flexibility index (Phi) is 6.33. The Morgan fingerprint density at radius 2 is 1.82 bits per heavy atom. The van der Waals surface area contributed by atoms with E-state index in [0.29, 0.717) is 22.3 Å². The molecular weight excluding hydrogens is 456 g/mol. The fourth-order valence-electron chi connectivity index (χ4n) is 3.53. The third-order valence-corrected chi connectivity index (χ3v) is 6.67. The molecule has 0 saturated carbocycles. The van der Waals surface area contributed by atoms with Crippen molar-refractivity contribution < 1.29 is 17.9 Å². The molecule has 9 nitrogen and oxygen atoms in total. The fourth-order valence-corrected chi connectivity index (χ4v) is 4.49. The number of ether oxygens (including phenoxy) is 1. The van der Waals surface area contributed by atoms with E-state index in [9.17, 15) is 18.1 Å². The number of nitrogens with one attached hydrogen (secondary N) is 3. The molecule has 0 bridgehead atoms. The first-order valence-electron chi connectivity index (χ1n) is 10.4. The summed E-state index contributed by atoms with van der Waals surface area (Å²) in [7, 11) is -2.66. The molecule has 0 atom stereocenters. The van der Waals surface area contributed by atoms with Gasteiger partial charge in [-0.05, 0) is 71.8 Å². The van der Waals surface area contributed by atoms with Gasteiger partial charge in [-0.15, -0.1) is 4.91 Å². The first kappa shape index (κ1) is 23.0. The number of carbonyl (C=O) groups excluding carboxylic acids is 1. The first-order valence-corrected chi connectivity index (χ1v) is 11.9. The quantitative estimate of drug-likeness (QED) is 0.306. The summed E-state index contributed by atoms with van der Waals surface area (Å²) in [4.78, 5) is 26.9. The van der Waals surface area contributed by atoms with Crippen molar-refractivity contribution >= 4 is 43.9 Å². The zero-order valence-corrected chi connectivity index (χ0v) is 19.3. The molecule has 1 amide bonds. The van der Waals surface area contributed by atoms with E-state index in [2.05, 4.69) is 22.4 Å². The van der Waals surface area contributed by atoms with Gasteiger partial charge in [0.2, 0.25) is 0 Å². The van der Waals surface area contributed by atoms with E-state index < -0.39 is 15.9 Å². The second-order valence-corrected chi connectivity index (χ2v) is 9.17. The number of benzene rings is 3. The van der Waals surface area contributed by atoms with Crippen LogP contribution in [0.15, 0.2) is 76.8 Å². The maximum atomic E-state index is 12.8. The molecule has 0 radical (unpaired) electrons. The zero-order valence-electron chi connectivity index (χ0n) is 18.5. The molecule has 3 aromatic carbocycles. The summed E-state index contributed by atoms with van der Waals surface area (Å²) >= 11 is 0. The van der Waals surface area contributed by atoms with Gasteiger partial charge in [-0.3, -0.25) is 4.79 Å². The lowest BCUT2D eigenvalue weighted by molar-refractivity contribution is 0.0977. The number of carbonyl (C=O) groups is 1. The summed E-state index contributed by atoms with van der Waals surface area (Å²) in [6.07, 6.45) is 0.871. The number of fused-ring (bicyclic) bond motifs is 1. The second-order valence-electron chi connectivity index (χ2n) is 7.48. The summed E-state index contributed by atoms with van der Waals surface area (Å²) in [5, 5.41) is 6.82. The topological polar surface area (TPSA) is 130 Å². The van der Waals surface area contributed by atoms with Gasteiger partial charge >= 0.3 is 0 Å². The van der Waals surface area contributed by atoms with Crippen LogP contribution in [0.5, 0.6) is 5.75 Å². The SMILES string of the molecule is CCc1cccc(Nc2ccc(N=O)c3[nH]c(C(=O)NS(=O)(=O)c4ccc(OC)cc4)cc23)c1. The lowest BCUT2D eigenvalue weighted by Crippen LogP contribution is -2.30. The molecule has 0 aliphatic rings. The van der Waals surface area contributed by atoms with Crippen LogP contribution in [0.3, 0.4) is 0 Å². The average molecular weight is 479 g/mol. The summed E-state index contributed by atoms with van der Waals surface area (Å²) in [6, 6.07) is 18.2. The summed E-state index contributed by atoms with van der Waals surface area (Å²) in [5.74, 6) is -0.387. The highest BCUT2D eigenvalue weighted by Gasteiger charge is 2.21. The van der Waals surface area contributed by atoms with Gasteiger partial charge < -0.3 is 15.0 Å². The molecule has 174 valence electrons. The molecule has 34 heavy (non-hydrogen) atoms. The minimum Gasteiger partial charge on any atom is -0.497 e. The number of hydrogen-bond donors (Lipinski definition) is 3. The number of sulfonamides is 1. The molecule has 0 unspecified atom stereocenters. The van der Waals surface area contributed by atoms with E-state index in [1.54, 1.807) is 6.07 Å². The van der Waals surface area contributed by atoms with Crippen LogP contribution < -0.4 is 14.8 Å². The Morgan fingerprint density at radius 1 is 1.06 bits per heavy atom. The molecule has 0 spiro atoms. The zero-order chi connectivity index (χ0) is 24.3. The molecule has 3 N–H and O–H groups in total. The van der Waals surface area contributed by atoms with Gasteiger partial charge in [0.25, 0.3) is 15.9 Å². The molecule has 1 aromatic heterocycles. The van der Waals surface area contributed by atoms with Gasteiger partial charge in [0.05, 0.1) is 17.5 Å². The van der Waals surface area contributed by atoms with Crippen molar-refractivity contribution in [1.29, 1.82) is 0 Å². The van der Waals surface area contributed by atoms with Crippen LogP contribution >= 0.6 is 0 Å². The lowest BCUT2D eigenvalue weighted by atomic mass is 10.1. The normalized spacial score (nSPS) is 11.2. The number of rotatable bonds is 8. The van der Waals surface area contributed by atoms with E-state index in [1.165, 1.54) is 43.5 Å². The first-order chi connectivity index (χ1) is 16.3. The predicted molar refractivity (Wildman–Crippen MR) is 131 cm³/mol.